The molecule has 1 aliphatic carbocycles. The molecule has 0 aromatic heterocycles. The molecule has 1 aliphatic rings. The van der Waals surface area contributed by atoms with E-state index < -0.39 is 17.7 Å². The molecule has 0 radical (unpaired) electrons. The fourth-order valence-electron chi connectivity index (χ4n) is 2.35. The quantitative estimate of drug-likeness (QED) is 0.848. The normalized spacial score (nSPS) is 19.3. The van der Waals surface area contributed by atoms with Gasteiger partial charge in [0.15, 0.2) is 0 Å². The molecule has 0 spiro atoms. The Hall–Kier alpha value is -1.00. The van der Waals surface area contributed by atoms with Crippen LogP contribution in [0, 0.1) is 17.0 Å². The van der Waals surface area contributed by atoms with E-state index >= 15 is 0 Å². The minimum Gasteiger partial charge on any atom is -0.387 e. The van der Waals surface area contributed by atoms with Gasteiger partial charge in [0.25, 0.3) is 0 Å². The lowest BCUT2D eigenvalue weighted by Crippen LogP contribution is -2.38. The smallest absolute Gasteiger partial charge is 0.129 e. The molecule has 100 valence electrons. The van der Waals surface area contributed by atoms with Crippen LogP contribution in [0.1, 0.15) is 37.9 Å². The minimum atomic E-state index is -1.01. The van der Waals surface area contributed by atoms with E-state index in [1.807, 2.05) is 0 Å². The van der Waals surface area contributed by atoms with Crippen LogP contribution >= 0.6 is 0 Å². The van der Waals surface area contributed by atoms with Crippen molar-refractivity contribution in [2.45, 2.75) is 32.3 Å². The number of aliphatic hydroxyl groups is 1. The summed E-state index contributed by atoms with van der Waals surface area (Å²) in [5.41, 5.74) is 0.321. The van der Waals surface area contributed by atoms with Crippen molar-refractivity contribution in [2.24, 2.45) is 5.41 Å². The summed E-state index contributed by atoms with van der Waals surface area (Å²) in [4.78, 5) is 0. The van der Waals surface area contributed by atoms with Crippen LogP contribution in [0.3, 0.4) is 0 Å². The van der Waals surface area contributed by atoms with Crippen LogP contribution in [0.25, 0.3) is 0 Å². The van der Waals surface area contributed by atoms with Gasteiger partial charge in [-0.15, -0.1) is 0 Å². The fraction of sp³-hybridized carbons (Fsp3) is 0.571. The predicted octanol–water partition coefficient (Wildman–Crippen LogP) is 2.78. The number of hydrogen-bond acceptors (Lipinski definition) is 2. The van der Waals surface area contributed by atoms with Crippen LogP contribution in [0.15, 0.2) is 18.2 Å². The summed E-state index contributed by atoms with van der Waals surface area (Å²) >= 11 is 0. The first-order chi connectivity index (χ1) is 8.50. The Kier molecular flexibility index (Phi) is 3.97. The van der Waals surface area contributed by atoms with Crippen LogP contribution in [0.4, 0.5) is 8.78 Å². The maximum atomic E-state index is 13.4. The van der Waals surface area contributed by atoms with Gasteiger partial charge in [-0.25, -0.2) is 8.78 Å². The molecule has 1 fully saturated rings. The van der Waals surface area contributed by atoms with E-state index in [0.29, 0.717) is 5.41 Å². The molecule has 0 aliphatic heterocycles. The number of halogens is 2. The standard InChI is InChI=1S/C14H19F2NO/c1-14(5-2-6-14)9-17-8-13(18)11-7-10(15)3-4-12(11)16/h3-4,7,13,17-18H,2,5-6,8-9H2,1H3. The van der Waals surface area contributed by atoms with E-state index in [9.17, 15) is 13.9 Å². The summed E-state index contributed by atoms with van der Waals surface area (Å²) in [5.74, 6) is -1.10. The van der Waals surface area contributed by atoms with Gasteiger partial charge in [-0.3, -0.25) is 0 Å². The Morgan fingerprint density at radius 1 is 1.39 bits per heavy atom. The Bertz CT molecular complexity index is 418. The number of nitrogens with one attached hydrogen (secondary N) is 1. The van der Waals surface area contributed by atoms with Crippen LogP contribution in [0.2, 0.25) is 0 Å². The topological polar surface area (TPSA) is 32.3 Å². The van der Waals surface area contributed by atoms with E-state index in [1.54, 1.807) is 0 Å². The van der Waals surface area contributed by atoms with E-state index in [0.717, 1.165) is 24.7 Å². The summed E-state index contributed by atoms with van der Waals surface area (Å²) in [6.07, 6.45) is 2.61. The van der Waals surface area contributed by atoms with Gasteiger partial charge in [-0.2, -0.15) is 0 Å². The fourth-order valence-corrected chi connectivity index (χ4v) is 2.35. The maximum absolute atomic E-state index is 13.4. The molecule has 1 atom stereocenters. The van der Waals surface area contributed by atoms with Gasteiger partial charge in [0.05, 0.1) is 6.10 Å². The average Bonchev–Trinajstić information content (AvgIpc) is 2.30. The lowest BCUT2D eigenvalue weighted by Gasteiger charge is -2.38. The molecule has 18 heavy (non-hydrogen) atoms. The summed E-state index contributed by atoms with van der Waals surface area (Å²) in [6, 6.07) is 3.14. The first kappa shape index (κ1) is 13.4. The van der Waals surface area contributed by atoms with Gasteiger partial charge in [0.2, 0.25) is 0 Å². The zero-order valence-corrected chi connectivity index (χ0v) is 10.5. The third-order valence-corrected chi connectivity index (χ3v) is 3.77. The van der Waals surface area contributed by atoms with Crippen molar-refractivity contribution in [3.05, 3.63) is 35.4 Å². The monoisotopic (exact) mass is 255 g/mol. The van der Waals surface area contributed by atoms with E-state index in [4.69, 9.17) is 0 Å². The Morgan fingerprint density at radius 2 is 2.11 bits per heavy atom. The molecule has 1 saturated carbocycles. The van der Waals surface area contributed by atoms with Crippen LogP contribution < -0.4 is 5.32 Å². The second-order valence-electron chi connectivity index (χ2n) is 5.48. The molecular weight excluding hydrogens is 236 g/mol. The van der Waals surface area contributed by atoms with E-state index in [-0.39, 0.29) is 12.1 Å². The van der Waals surface area contributed by atoms with E-state index in [2.05, 4.69) is 12.2 Å². The predicted molar refractivity (Wildman–Crippen MR) is 66.1 cm³/mol. The molecule has 1 aromatic carbocycles. The number of aliphatic hydroxyl groups excluding tert-OH is 1. The SMILES string of the molecule is CC1(CNCC(O)c2cc(F)ccc2F)CCC1. The highest BCUT2D eigenvalue weighted by atomic mass is 19.1. The van der Waals surface area contributed by atoms with Gasteiger partial charge in [-0.05, 0) is 36.5 Å². The second kappa shape index (κ2) is 5.33. The summed E-state index contributed by atoms with van der Waals surface area (Å²) in [6.45, 7) is 3.25. The van der Waals surface area contributed by atoms with Crippen molar-refractivity contribution in [1.82, 2.24) is 5.32 Å². The molecule has 1 aromatic rings. The first-order valence-corrected chi connectivity index (χ1v) is 6.34. The molecule has 4 heteroatoms. The van der Waals surface area contributed by atoms with Gasteiger partial charge in [-0.1, -0.05) is 13.3 Å². The van der Waals surface area contributed by atoms with Crippen LogP contribution in [-0.2, 0) is 0 Å². The minimum absolute atomic E-state index is 0.0151. The van der Waals surface area contributed by atoms with Crippen molar-refractivity contribution in [3.8, 4) is 0 Å². The highest BCUT2D eigenvalue weighted by molar-refractivity contribution is 5.21. The zero-order valence-electron chi connectivity index (χ0n) is 10.5. The molecule has 1 unspecified atom stereocenters. The van der Waals surface area contributed by atoms with Crippen molar-refractivity contribution in [1.29, 1.82) is 0 Å². The highest BCUT2D eigenvalue weighted by Crippen LogP contribution is 2.39. The molecular formula is C14H19F2NO. The van der Waals surface area contributed by atoms with Gasteiger partial charge in [0.1, 0.15) is 11.6 Å². The van der Waals surface area contributed by atoms with Gasteiger partial charge >= 0.3 is 0 Å². The highest BCUT2D eigenvalue weighted by Gasteiger charge is 2.31. The van der Waals surface area contributed by atoms with Gasteiger partial charge in [0, 0.05) is 18.7 Å². The molecule has 2 nitrogen and oxygen atoms in total. The zero-order chi connectivity index (χ0) is 13.2. The summed E-state index contributed by atoms with van der Waals surface area (Å²) < 4.78 is 26.4. The molecule has 0 amide bonds. The van der Waals surface area contributed by atoms with Crippen molar-refractivity contribution in [3.63, 3.8) is 0 Å². The largest absolute Gasteiger partial charge is 0.387 e. The van der Waals surface area contributed by atoms with Crippen molar-refractivity contribution in [2.75, 3.05) is 13.1 Å². The van der Waals surface area contributed by atoms with Crippen LogP contribution in [-0.4, -0.2) is 18.2 Å². The lowest BCUT2D eigenvalue weighted by atomic mass is 9.70. The van der Waals surface area contributed by atoms with Crippen molar-refractivity contribution < 1.29 is 13.9 Å². The first-order valence-electron chi connectivity index (χ1n) is 6.34. The third kappa shape index (κ3) is 3.06. The van der Waals surface area contributed by atoms with Crippen molar-refractivity contribution >= 4 is 0 Å². The number of benzene rings is 1. The van der Waals surface area contributed by atoms with Gasteiger partial charge < -0.3 is 10.4 Å². The number of hydrogen-bond donors (Lipinski definition) is 2. The summed E-state index contributed by atoms with van der Waals surface area (Å²) in [7, 11) is 0. The average molecular weight is 255 g/mol. The molecule has 2 N–H and O–H groups in total. The summed E-state index contributed by atoms with van der Waals surface area (Å²) in [5, 5.41) is 13.0. The Balaban J connectivity index is 1.87. The molecule has 2 rings (SSSR count). The van der Waals surface area contributed by atoms with Crippen LogP contribution in [0.5, 0.6) is 0 Å². The third-order valence-electron chi connectivity index (χ3n) is 3.77. The molecule has 0 heterocycles. The second-order valence-corrected chi connectivity index (χ2v) is 5.48. The van der Waals surface area contributed by atoms with E-state index in [1.165, 1.54) is 19.3 Å². The molecule has 0 bridgehead atoms. The Labute approximate surface area is 106 Å². The maximum Gasteiger partial charge on any atom is 0.129 e. The Morgan fingerprint density at radius 3 is 2.72 bits per heavy atom. The number of rotatable bonds is 5. The lowest BCUT2D eigenvalue weighted by molar-refractivity contribution is 0.131. The molecule has 0 saturated heterocycles.